The molecule has 0 saturated carbocycles. The Kier molecular flexibility index (Phi) is 6.10. The molecule has 1 aromatic heterocycles. The standard InChI is InChI=1S/C12H15NO6S/c1-7(14)13-9(11(15)16)6-20-5-8-3-4-10(19-8)12(17)18-2/h3-4,9H,5-6H2,1-2H3,(H,13,14)(H,15,16)/t9-/m0/s1. The monoisotopic (exact) mass is 301 g/mol. The molecule has 7 nitrogen and oxygen atoms in total. The van der Waals surface area contributed by atoms with Crippen LogP contribution in [-0.4, -0.2) is 41.9 Å². The zero-order valence-corrected chi connectivity index (χ0v) is 11.9. The Hall–Kier alpha value is -1.96. The zero-order chi connectivity index (χ0) is 15.1. The van der Waals surface area contributed by atoms with E-state index in [1.54, 1.807) is 6.07 Å². The fourth-order valence-electron chi connectivity index (χ4n) is 1.36. The van der Waals surface area contributed by atoms with Crippen LogP contribution in [0.15, 0.2) is 16.5 Å². The lowest BCUT2D eigenvalue weighted by atomic mass is 10.3. The van der Waals surface area contributed by atoms with Crippen LogP contribution in [0.2, 0.25) is 0 Å². The third-order valence-corrected chi connectivity index (χ3v) is 3.31. The number of ether oxygens (including phenoxy) is 1. The number of carbonyl (C=O) groups excluding carboxylic acids is 2. The lowest BCUT2D eigenvalue weighted by Gasteiger charge is -2.11. The van der Waals surface area contributed by atoms with Gasteiger partial charge in [0.05, 0.1) is 12.9 Å². The number of hydrogen-bond donors (Lipinski definition) is 2. The Balaban J connectivity index is 2.46. The average molecular weight is 301 g/mol. The number of furan rings is 1. The number of hydrogen-bond acceptors (Lipinski definition) is 6. The van der Waals surface area contributed by atoms with Gasteiger partial charge < -0.3 is 19.6 Å². The topological polar surface area (TPSA) is 106 Å². The minimum absolute atomic E-state index is 0.0970. The van der Waals surface area contributed by atoms with E-state index in [9.17, 15) is 14.4 Å². The normalized spacial score (nSPS) is 11.7. The Labute approximate surface area is 119 Å². The fourth-order valence-corrected chi connectivity index (χ4v) is 2.30. The number of esters is 1. The summed E-state index contributed by atoms with van der Waals surface area (Å²) in [7, 11) is 1.25. The van der Waals surface area contributed by atoms with Crippen LogP contribution in [0.3, 0.4) is 0 Å². The SMILES string of the molecule is COC(=O)c1ccc(CSC[C@H](NC(C)=O)C(=O)O)o1. The molecule has 0 aromatic carbocycles. The molecule has 0 fully saturated rings. The maximum atomic E-state index is 11.2. The second-order valence-electron chi connectivity index (χ2n) is 3.86. The van der Waals surface area contributed by atoms with Gasteiger partial charge in [0.15, 0.2) is 0 Å². The third kappa shape index (κ3) is 4.96. The molecule has 1 amide bonds. The number of methoxy groups -OCH3 is 1. The van der Waals surface area contributed by atoms with Gasteiger partial charge in [-0.05, 0) is 12.1 Å². The molecule has 2 N–H and O–H groups in total. The molecule has 110 valence electrons. The van der Waals surface area contributed by atoms with Crippen LogP contribution in [0, 0.1) is 0 Å². The summed E-state index contributed by atoms with van der Waals surface area (Å²) in [6, 6.07) is 2.16. The number of aliphatic carboxylic acids is 1. The molecule has 1 heterocycles. The van der Waals surface area contributed by atoms with Crippen molar-refractivity contribution in [1.29, 1.82) is 0 Å². The summed E-state index contributed by atoms with van der Waals surface area (Å²) in [6.45, 7) is 1.26. The molecule has 0 spiro atoms. The molecule has 0 saturated heterocycles. The van der Waals surface area contributed by atoms with Crippen molar-refractivity contribution < 1.29 is 28.6 Å². The number of carboxylic acid groups (broad SMARTS) is 1. The van der Waals surface area contributed by atoms with Gasteiger partial charge in [-0.15, -0.1) is 0 Å². The smallest absolute Gasteiger partial charge is 0.373 e. The molecule has 1 rings (SSSR count). The molecule has 0 aliphatic heterocycles. The van der Waals surface area contributed by atoms with E-state index in [2.05, 4.69) is 10.1 Å². The van der Waals surface area contributed by atoms with Crippen LogP contribution < -0.4 is 5.32 Å². The highest BCUT2D eigenvalue weighted by molar-refractivity contribution is 7.98. The fraction of sp³-hybridized carbons (Fsp3) is 0.417. The van der Waals surface area contributed by atoms with Crippen molar-refractivity contribution in [2.24, 2.45) is 0 Å². The van der Waals surface area contributed by atoms with Gasteiger partial charge in [-0.2, -0.15) is 11.8 Å². The summed E-state index contributed by atoms with van der Waals surface area (Å²) in [5, 5.41) is 11.2. The molecule has 0 aliphatic carbocycles. The Bertz CT molecular complexity index is 498. The van der Waals surface area contributed by atoms with Gasteiger partial charge in [0.2, 0.25) is 11.7 Å². The first-order valence-electron chi connectivity index (χ1n) is 5.68. The quantitative estimate of drug-likeness (QED) is 0.720. The van der Waals surface area contributed by atoms with E-state index in [4.69, 9.17) is 9.52 Å². The second kappa shape index (κ2) is 7.59. The highest BCUT2D eigenvalue weighted by Crippen LogP contribution is 2.17. The van der Waals surface area contributed by atoms with E-state index in [0.717, 1.165) is 0 Å². The van der Waals surface area contributed by atoms with Crippen LogP contribution >= 0.6 is 11.8 Å². The lowest BCUT2D eigenvalue weighted by molar-refractivity contribution is -0.140. The molecule has 0 bridgehead atoms. The van der Waals surface area contributed by atoms with E-state index in [1.807, 2.05) is 0 Å². The first-order valence-corrected chi connectivity index (χ1v) is 6.84. The predicted molar refractivity (Wildman–Crippen MR) is 71.5 cm³/mol. The molecule has 0 aliphatic rings. The number of nitrogens with one attached hydrogen (secondary N) is 1. The van der Waals surface area contributed by atoms with E-state index in [-0.39, 0.29) is 11.5 Å². The summed E-state index contributed by atoms with van der Waals surface area (Å²) < 4.78 is 9.73. The van der Waals surface area contributed by atoms with Gasteiger partial charge in [-0.25, -0.2) is 9.59 Å². The van der Waals surface area contributed by atoms with E-state index >= 15 is 0 Å². The minimum Gasteiger partial charge on any atom is -0.480 e. The van der Waals surface area contributed by atoms with Crippen LogP contribution in [0.1, 0.15) is 23.2 Å². The number of thioether (sulfide) groups is 1. The van der Waals surface area contributed by atoms with Crippen molar-refractivity contribution in [3.8, 4) is 0 Å². The van der Waals surface area contributed by atoms with E-state index < -0.39 is 23.9 Å². The summed E-state index contributed by atoms with van der Waals surface area (Å²) in [5.74, 6) is -0.847. The van der Waals surface area contributed by atoms with Crippen molar-refractivity contribution in [1.82, 2.24) is 5.32 Å². The summed E-state index contributed by atoms with van der Waals surface area (Å²) >= 11 is 1.28. The molecule has 0 radical (unpaired) electrons. The number of carboxylic acids is 1. The van der Waals surface area contributed by atoms with Crippen LogP contribution in [-0.2, 0) is 20.1 Å². The van der Waals surface area contributed by atoms with Crippen molar-refractivity contribution in [2.45, 2.75) is 18.7 Å². The van der Waals surface area contributed by atoms with Gasteiger partial charge in [0.1, 0.15) is 11.8 Å². The van der Waals surface area contributed by atoms with Crippen LogP contribution in [0.25, 0.3) is 0 Å². The van der Waals surface area contributed by atoms with Crippen LogP contribution in [0.4, 0.5) is 0 Å². The largest absolute Gasteiger partial charge is 0.480 e. The highest BCUT2D eigenvalue weighted by Gasteiger charge is 2.18. The molecular formula is C12H15NO6S. The maximum Gasteiger partial charge on any atom is 0.373 e. The number of amides is 1. The van der Waals surface area contributed by atoms with Crippen molar-refractivity contribution in [3.05, 3.63) is 23.7 Å². The summed E-state index contributed by atoms with van der Waals surface area (Å²) in [6.07, 6.45) is 0. The first-order chi connectivity index (χ1) is 9.43. The lowest BCUT2D eigenvalue weighted by Crippen LogP contribution is -2.41. The van der Waals surface area contributed by atoms with Gasteiger partial charge in [0, 0.05) is 12.7 Å². The second-order valence-corrected chi connectivity index (χ2v) is 4.89. The molecule has 8 heteroatoms. The third-order valence-electron chi connectivity index (χ3n) is 2.25. The minimum atomic E-state index is -1.10. The van der Waals surface area contributed by atoms with Gasteiger partial charge in [-0.1, -0.05) is 0 Å². The Morgan fingerprint density at radius 2 is 2.15 bits per heavy atom. The summed E-state index contributed by atoms with van der Waals surface area (Å²) in [5.41, 5.74) is 0. The molecule has 20 heavy (non-hydrogen) atoms. The maximum absolute atomic E-state index is 11.2. The first kappa shape index (κ1) is 16.1. The predicted octanol–water partition coefficient (Wildman–Crippen LogP) is 0.889. The van der Waals surface area contributed by atoms with Crippen LogP contribution in [0.5, 0.6) is 0 Å². The summed E-state index contributed by atoms with van der Waals surface area (Å²) in [4.78, 5) is 32.9. The molecule has 0 unspecified atom stereocenters. The Morgan fingerprint density at radius 1 is 1.45 bits per heavy atom. The van der Waals surface area contributed by atoms with Gasteiger partial charge in [-0.3, -0.25) is 4.79 Å². The molecule has 1 atom stereocenters. The Morgan fingerprint density at radius 3 is 2.70 bits per heavy atom. The highest BCUT2D eigenvalue weighted by atomic mass is 32.2. The average Bonchev–Trinajstić information content (AvgIpc) is 2.84. The number of rotatable bonds is 7. The number of carbonyl (C=O) groups is 3. The van der Waals surface area contributed by atoms with E-state index in [0.29, 0.717) is 11.5 Å². The van der Waals surface area contributed by atoms with Crippen molar-refractivity contribution >= 4 is 29.6 Å². The van der Waals surface area contributed by atoms with E-state index in [1.165, 1.54) is 31.9 Å². The zero-order valence-electron chi connectivity index (χ0n) is 11.0. The molecular weight excluding hydrogens is 286 g/mol. The van der Waals surface area contributed by atoms with Gasteiger partial charge >= 0.3 is 11.9 Å². The van der Waals surface area contributed by atoms with Crippen molar-refractivity contribution in [2.75, 3.05) is 12.9 Å². The van der Waals surface area contributed by atoms with Crippen molar-refractivity contribution in [3.63, 3.8) is 0 Å². The van der Waals surface area contributed by atoms with Gasteiger partial charge in [0.25, 0.3) is 0 Å². The molecule has 1 aromatic rings.